The summed E-state index contributed by atoms with van der Waals surface area (Å²) >= 11 is 0. The second-order valence-electron chi connectivity index (χ2n) is 9.62. The molecule has 0 aromatic carbocycles. The number of nitrogens with two attached hydrogens (primary N) is 1. The van der Waals surface area contributed by atoms with Gasteiger partial charge in [-0.25, -0.2) is 4.98 Å². The highest BCUT2D eigenvalue weighted by Crippen LogP contribution is 2.47. The minimum atomic E-state index is -4.07. The molecule has 12 nitrogen and oxygen atoms in total. The first kappa shape index (κ1) is 30.3. The summed E-state index contributed by atoms with van der Waals surface area (Å²) in [4.78, 5) is 66.5. The smallest absolute Gasteiger partial charge is 0.243 e. The summed E-state index contributed by atoms with van der Waals surface area (Å²) in [5, 5.41) is 7.63. The Labute approximate surface area is 206 Å². The lowest BCUT2D eigenvalue weighted by atomic mass is 9.97. The van der Waals surface area contributed by atoms with Crippen LogP contribution in [-0.4, -0.2) is 62.5 Å². The van der Waals surface area contributed by atoms with Crippen molar-refractivity contribution in [2.24, 2.45) is 23.5 Å². The Morgan fingerprint density at radius 2 is 1.71 bits per heavy atom. The van der Waals surface area contributed by atoms with Crippen LogP contribution in [0.5, 0.6) is 0 Å². The van der Waals surface area contributed by atoms with E-state index in [1.807, 2.05) is 13.8 Å². The van der Waals surface area contributed by atoms with Gasteiger partial charge in [0, 0.05) is 37.3 Å². The summed E-state index contributed by atoms with van der Waals surface area (Å²) in [5.74, 6) is -4.60. The van der Waals surface area contributed by atoms with Crippen molar-refractivity contribution in [3.05, 3.63) is 18.2 Å². The Morgan fingerprint density at radius 3 is 2.17 bits per heavy atom. The number of imidazole rings is 1. The molecule has 7 N–H and O–H groups in total. The van der Waals surface area contributed by atoms with Crippen LogP contribution in [0.15, 0.2) is 12.5 Å². The number of hydrogen-bond donors (Lipinski definition) is 6. The quantitative estimate of drug-likeness (QED) is 0.194. The molecule has 0 radical (unpaired) electrons. The third-order valence-electron chi connectivity index (χ3n) is 5.51. The molecule has 0 bridgehead atoms. The molecule has 1 aromatic rings. The molecule has 1 aromatic heterocycles. The molecule has 1 heterocycles. The molecular weight excluding hydrogens is 475 g/mol. The van der Waals surface area contributed by atoms with Gasteiger partial charge in [-0.2, -0.15) is 0 Å². The summed E-state index contributed by atoms with van der Waals surface area (Å²) in [6, 6.07) is -1.90. The molecule has 0 saturated carbocycles. The highest BCUT2D eigenvalue weighted by molar-refractivity contribution is 7.58. The molecule has 35 heavy (non-hydrogen) atoms. The number of nitrogens with zero attached hydrogens (tertiary/aromatic N) is 1. The van der Waals surface area contributed by atoms with Gasteiger partial charge in [0.1, 0.15) is 17.9 Å². The summed E-state index contributed by atoms with van der Waals surface area (Å²) in [6.07, 6.45) is 2.92. The number of aromatic nitrogens is 2. The second-order valence-corrected chi connectivity index (χ2v) is 12.3. The minimum Gasteiger partial charge on any atom is -0.368 e. The van der Waals surface area contributed by atoms with Gasteiger partial charge in [0.15, 0.2) is 0 Å². The van der Waals surface area contributed by atoms with Crippen molar-refractivity contribution < 1.29 is 28.6 Å². The third-order valence-corrected chi connectivity index (χ3v) is 7.82. The summed E-state index contributed by atoms with van der Waals surface area (Å²) in [7, 11) is -4.07. The van der Waals surface area contributed by atoms with Gasteiger partial charge < -0.3 is 31.6 Å². The van der Waals surface area contributed by atoms with E-state index >= 15 is 0 Å². The van der Waals surface area contributed by atoms with Crippen molar-refractivity contribution in [1.82, 2.24) is 25.9 Å². The molecule has 0 aliphatic heterocycles. The van der Waals surface area contributed by atoms with E-state index < -0.39 is 60.9 Å². The predicted molar refractivity (Wildman–Crippen MR) is 131 cm³/mol. The number of carbonyl (C=O) groups is 4. The zero-order valence-electron chi connectivity index (χ0n) is 21.2. The van der Waals surface area contributed by atoms with Crippen LogP contribution in [0.4, 0.5) is 0 Å². The number of primary amides is 1. The maximum absolute atomic E-state index is 13.2. The van der Waals surface area contributed by atoms with Gasteiger partial charge in [0.05, 0.1) is 6.33 Å². The summed E-state index contributed by atoms with van der Waals surface area (Å²) in [6.45, 7) is 9.88. The van der Waals surface area contributed by atoms with Crippen molar-refractivity contribution in [3.63, 3.8) is 0 Å². The van der Waals surface area contributed by atoms with Gasteiger partial charge >= 0.3 is 0 Å². The van der Waals surface area contributed by atoms with E-state index in [-0.39, 0.29) is 24.7 Å². The highest BCUT2D eigenvalue weighted by atomic mass is 31.2. The third kappa shape index (κ3) is 10.2. The highest BCUT2D eigenvalue weighted by Gasteiger charge is 2.37. The number of amides is 4. The Hall–Kier alpha value is -2.72. The fourth-order valence-corrected chi connectivity index (χ4v) is 5.18. The first-order valence-electron chi connectivity index (χ1n) is 11.6. The van der Waals surface area contributed by atoms with Crippen molar-refractivity contribution in [2.45, 2.75) is 72.3 Å². The predicted octanol–water partition coefficient (Wildman–Crippen LogP) is 0.478. The summed E-state index contributed by atoms with van der Waals surface area (Å²) in [5.41, 5.74) is 6.05. The largest absolute Gasteiger partial charge is 0.368 e. The molecular formula is C22H39N6O6P. The normalized spacial score (nSPS) is 16.6. The average Bonchev–Trinajstić information content (AvgIpc) is 3.23. The molecule has 0 aliphatic rings. The molecule has 0 spiro atoms. The molecule has 4 amide bonds. The molecule has 0 fully saturated rings. The van der Waals surface area contributed by atoms with E-state index in [4.69, 9.17) is 5.73 Å². The standard InChI is InChI=1S/C22H39N6O6P/c1-12(2)7-16(21(31)28-18(20(23)30)8-17-9-24-11-25-17)10-35(33,34)15(6)27-22(32)19(13(3)4)26-14(5)29/h9,11-13,15-16,18-19H,7-8,10H2,1-6H3,(H2,23,30)(H,24,25)(H,26,29)(H,27,32)(H,28,31)(H,33,34)/t15?,16?,18-,19-/m0/s1. The zero-order chi connectivity index (χ0) is 26.9. The van der Waals surface area contributed by atoms with Crippen LogP contribution in [0.25, 0.3) is 0 Å². The van der Waals surface area contributed by atoms with Crippen LogP contribution in [0.2, 0.25) is 0 Å². The minimum absolute atomic E-state index is 0.0142. The lowest BCUT2D eigenvalue weighted by molar-refractivity contribution is -0.129. The Bertz CT molecular complexity index is 920. The molecule has 198 valence electrons. The Morgan fingerprint density at radius 1 is 1.09 bits per heavy atom. The van der Waals surface area contributed by atoms with Crippen molar-refractivity contribution >= 4 is 31.0 Å². The summed E-state index contributed by atoms with van der Waals surface area (Å²) < 4.78 is 13.2. The van der Waals surface area contributed by atoms with Crippen LogP contribution in [-0.2, 0) is 30.2 Å². The fourth-order valence-electron chi connectivity index (χ4n) is 3.59. The molecule has 13 heteroatoms. The van der Waals surface area contributed by atoms with Crippen LogP contribution >= 0.6 is 7.37 Å². The first-order valence-corrected chi connectivity index (χ1v) is 13.5. The van der Waals surface area contributed by atoms with Crippen molar-refractivity contribution in [3.8, 4) is 0 Å². The molecule has 0 saturated heterocycles. The van der Waals surface area contributed by atoms with Gasteiger partial charge in [-0.1, -0.05) is 27.7 Å². The number of hydrogen-bond acceptors (Lipinski definition) is 6. The lowest BCUT2D eigenvalue weighted by Crippen LogP contribution is -2.51. The molecule has 0 aliphatic carbocycles. The Balaban J connectivity index is 2.97. The number of H-pyrrole nitrogens is 1. The van der Waals surface area contributed by atoms with Gasteiger partial charge in [-0.15, -0.1) is 0 Å². The van der Waals surface area contributed by atoms with E-state index in [1.54, 1.807) is 13.8 Å². The average molecular weight is 515 g/mol. The SMILES string of the molecule is CC(=O)N[C@H](C(=O)NC(C)P(=O)(O)CC(CC(C)C)C(=O)N[C@@H](Cc1cnc[nH]1)C(N)=O)C(C)C. The van der Waals surface area contributed by atoms with Gasteiger partial charge in [0.2, 0.25) is 31.0 Å². The van der Waals surface area contributed by atoms with Crippen LogP contribution in [0.3, 0.4) is 0 Å². The van der Waals surface area contributed by atoms with E-state index in [0.717, 1.165) is 0 Å². The van der Waals surface area contributed by atoms with E-state index in [9.17, 15) is 28.6 Å². The molecule has 5 atom stereocenters. The number of nitrogens with one attached hydrogen (secondary N) is 4. The Kier molecular flexibility index (Phi) is 11.6. The van der Waals surface area contributed by atoms with E-state index in [1.165, 1.54) is 26.4 Å². The number of aromatic amines is 1. The number of carbonyl (C=O) groups excluding carboxylic acids is 4. The molecule has 3 unspecified atom stereocenters. The zero-order valence-corrected chi connectivity index (χ0v) is 22.1. The van der Waals surface area contributed by atoms with Gasteiger partial charge in [-0.05, 0) is 25.2 Å². The second kappa shape index (κ2) is 13.4. The van der Waals surface area contributed by atoms with Crippen LogP contribution in [0, 0.1) is 17.8 Å². The van der Waals surface area contributed by atoms with Crippen LogP contribution in [0.1, 0.15) is 53.7 Å². The van der Waals surface area contributed by atoms with Crippen molar-refractivity contribution in [1.29, 1.82) is 0 Å². The van der Waals surface area contributed by atoms with Crippen LogP contribution < -0.4 is 21.7 Å². The van der Waals surface area contributed by atoms with E-state index in [2.05, 4.69) is 25.9 Å². The number of rotatable bonds is 14. The van der Waals surface area contributed by atoms with Gasteiger partial charge in [0.25, 0.3) is 0 Å². The maximum atomic E-state index is 13.2. The van der Waals surface area contributed by atoms with Crippen molar-refractivity contribution in [2.75, 3.05) is 6.16 Å². The monoisotopic (exact) mass is 514 g/mol. The first-order chi connectivity index (χ1) is 16.1. The lowest BCUT2D eigenvalue weighted by Gasteiger charge is -2.28. The topological polar surface area (TPSA) is 196 Å². The fraction of sp³-hybridized carbons (Fsp3) is 0.682. The van der Waals surface area contributed by atoms with Gasteiger partial charge in [-0.3, -0.25) is 23.7 Å². The van der Waals surface area contributed by atoms with E-state index in [0.29, 0.717) is 5.69 Å². The molecule has 1 rings (SSSR count). The maximum Gasteiger partial charge on any atom is 0.243 e.